The van der Waals surface area contributed by atoms with Crippen LogP contribution in [0, 0.1) is 0 Å². The van der Waals surface area contributed by atoms with E-state index in [1.165, 1.54) is 18.7 Å². The van der Waals surface area contributed by atoms with Gasteiger partial charge in [-0.1, -0.05) is 36.1 Å². The van der Waals surface area contributed by atoms with Crippen molar-refractivity contribution in [2.75, 3.05) is 18.4 Å². The number of amides is 1. The highest BCUT2D eigenvalue weighted by Crippen LogP contribution is 2.19. The predicted octanol–water partition coefficient (Wildman–Crippen LogP) is 3.58. The number of anilines is 1. The standard InChI is InChI=1S/C16H22N2O2S2/c1-5-18(6-2)16(21)22-12(4)15(20)17-14-9-7-8-13(10-14)11(3)19/h7-10,12H,5-6H2,1-4H3,(H,17,20)/t12-/m0/s1. The van der Waals surface area contributed by atoms with Gasteiger partial charge in [-0.2, -0.15) is 0 Å². The average Bonchev–Trinajstić information content (AvgIpc) is 2.48. The van der Waals surface area contributed by atoms with E-state index in [0.717, 1.165) is 17.4 Å². The number of carbonyl (C=O) groups excluding carboxylic acids is 2. The van der Waals surface area contributed by atoms with Crippen molar-refractivity contribution in [3.8, 4) is 0 Å². The van der Waals surface area contributed by atoms with E-state index in [2.05, 4.69) is 5.32 Å². The van der Waals surface area contributed by atoms with Crippen molar-refractivity contribution in [3.63, 3.8) is 0 Å². The molecule has 0 radical (unpaired) electrons. The van der Waals surface area contributed by atoms with Gasteiger partial charge in [0.2, 0.25) is 5.91 Å². The van der Waals surface area contributed by atoms with E-state index in [9.17, 15) is 9.59 Å². The zero-order chi connectivity index (χ0) is 16.7. The summed E-state index contributed by atoms with van der Waals surface area (Å²) in [6.45, 7) is 9.06. The molecule has 1 aromatic rings. The molecule has 0 fully saturated rings. The fraction of sp³-hybridized carbons (Fsp3) is 0.438. The maximum absolute atomic E-state index is 12.2. The fourth-order valence-corrected chi connectivity index (χ4v) is 3.39. The van der Waals surface area contributed by atoms with E-state index in [1.54, 1.807) is 24.3 Å². The maximum atomic E-state index is 12.2. The summed E-state index contributed by atoms with van der Waals surface area (Å²) in [7, 11) is 0. The number of rotatable bonds is 6. The molecule has 0 saturated carbocycles. The molecule has 0 aliphatic heterocycles. The van der Waals surface area contributed by atoms with Crippen LogP contribution in [0.3, 0.4) is 0 Å². The fourth-order valence-electron chi connectivity index (χ4n) is 1.82. The monoisotopic (exact) mass is 338 g/mol. The first kappa shape index (κ1) is 18.6. The van der Waals surface area contributed by atoms with Crippen molar-refractivity contribution in [1.29, 1.82) is 0 Å². The SMILES string of the molecule is CCN(CC)C(=S)S[C@@H](C)C(=O)Nc1cccc(C(C)=O)c1. The summed E-state index contributed by atoms with van der Waals surface area (Å²) in [6.07, 6.45) is 0. The lowest BCUT2D eigenvalue weighted by molar-refractivity contribution is -0.115. The van der Waals surface area contributed by atoms with Gasteiger partial charge in [0.05, 0.1) is 5.25 Å². The molecule has 0 aliphatic rings. The summed E-state index contributed by atoms with van der Waals surface area (Å²) >= 11 is 6.73. The Kier molecular flexibility index (Phi) is 7.55. The van der Waals surface area contributed by atoms with E-state index < -0.39 is 0 Å². The highest BCUT2D eigenvalue weighted by atomic mass is 32.2. The van der Waals surface area contributed by atoms with Gasteiger partial charge in [-0.3, -0.25) is 9.59 Å². The summed E-state index contributed by atoms with van der Waals surface area (Å²) in [5, 5.41) is 2.53. The number of Topliss-reactive ketones (excluding diaryl/α,β-unsaturated/α-hetero) is 1. The molecular formula is C16H22N2O2S2. The molecule has 1 aromatic carbocycles. The lowest BCUT2D eigenvalue weighted by Crippen LogP contribution is -2.31. The van der Waals surface area contributed by atoms with Gasteiger partial charge in [-0.25, -0.2) is 0 Å². The number of nitrogens with one attached hydrogen (secondary N) is 1. The smallest absolute Gasteiger partial charge is 0.237 e. The second kappa shape index (κ2) is 8.90. The third-order valence-electron chi connectivity index (χ3n) is 3.21. The summed E-state index contributed by atoms with van der Waals surface area (Å²) in [5.74, 6) is -0.151. The number of thioether (sulfide) groups is 1. The largest absolute Gasteiger partial charge is 0.358 e. The van der Waals surface area contributed by atoms with Crippen LogP contribution >= 0.6 is 24.0 Å². The number of nitrogens with zero attached hydrogens (tertiary/aromatic N) is 1. The number of thiocarbonyl (C=S) groups is 1. The molecule has 120 valence electrons. The first-order valence-corrected chi connectivity index (χ1v) is 8.55. The second-order valence-electron chi connectivity index (χ2n) is 4.82. The number of carbonyl (C=O) groups is 2. The number of hydrogen-bond acceptors (Lipinski definition) is 4. The van der Waals surface area contributed by atoms with Crippen LogP contribution in [-0.2, 0) is 4.79 Å². The Hall–Kier alpha value is -1.40. The lowest BCUT2D eigenvalue weighted by Gasteiger charge is -2.22. The highest BCUT2D eigenvalue weighted by molar-refractivity contribution is 8.23. The van der Waals surface area contributed by atoms with Crippen LogP contribution < -0.4 is 5.32 Å². The zero-order valence-corrected chi connectivity index (χ0v) is 15.0. The zero-order valence-electron chi connectivity index (χ0n) is 13.4. The third kappa shape index (κ3) is 5.42. The molecule has 1 N–H and O–H groups in total. The minimum Gasteiger partial charge on any atom is -0.358 e. The number of hydrogen-bond donors (Lipinski definition) is 1. The topological polar surface area (TPSA) is 49.4 Å². The van der Waals surface area contributed by atoms with E-state index in [-0.39, 0.29) is 16.9 Å². The summed E-state index contributed by atoms with van der Waals surface area (Å²) in [6, 6.07) is 6.93. The minimum atomic E-state index is -0.297. The minimum absolute atomic E-state index is 0.0266. The van der Waals surface area contributed by atoms with Crippen LogP contribution in [0.4, 0.5) is 5.69 Å². The Morgan fingerprint density at radius 3 is 2.50 bits per heavy atom. The summed E-state index contributed by atoms with van der Waals surface area (Å²) < 4.78 is 0.727. The predicted molar refractivity (Wildman–Crippen MR) is 97.6 cm³/mol. The molecule has 0 aliphatic carbocycles. The molecule has 6 heteroatoms. The molecule has 1 rings (SSSR count). The number of benzene rings is 1. The van der Waals surface area contributed by atoms with Crippen molar-refractivity contribution in [3.05, 3.63) is 29.8 Å². The van der Waals surface area contributed by atoms with Crippen LogP contribution in [-0.4, -0.2) is 39.3 Å². The molecule has 0 saturated heterocycles. The molecule has 22 heavy (non-hydrogen) atoms. The molecule has 1 atom stereocenters. The molecule has 1 amide bonds. The van der Waals surface area contributed by atoms with Gasteiger partial charge < -0.3 is 10.2 Å². The van der Waals surface area contributed by atoms with Gasteiger partial charge in [0.1, 0.15) is 4.32 Å². The Morgan fingerprint density at radius 1 is 1.32 bits per heavy atom. The first-order valence-electron chi connectivity index (χ1n) is 7.26. The van der Waals surface area contributed by atoms with Gasteiger partial charge in [-0.15, -0.1) is 0 Å². The van der Waals surface area contributed by atoms with Gasteiger partial charge in [-0.05, 0) is 39.8 Å². The van der Waals surface area contributed by atoms with Gasteiger partial charge >= 0.3 is 0 Å². The van der Waals surface area contributed by atoms with Gasteiger partial charge in [0, 0.05) is 24.3 Å². The summed E-state index contributed by atoms with van der Waals surface area (Å²) in [4.78, 5) is 25.6. The van der Waals surface area contributed by atoms with E-state index >= 15 is 0 Å². The van der Waals surface area contributed by atoms with Gasteiger partial charge in [0.25, 0.3) is 0 Å². The quantitative estimate of drug-likeness (QED) is 0.635. The Labute approximate surface area is 141 Å². The van der Waals surface area contributed by atoms with Crippen molar-refractivity contribution in [1.82, 2.24) is 4.90 Å². The molecule has 4 nitrogen and oxygen atoms in total. The number of ketones is 1. The molecule has 0 bridgehead atoms. The molecule has 0 unspecified atom stereocenters. The van der Waals surface area contributed by atoms with E-state index in [0.29, 0.717) is 11.3 Å². The molecule has 0 spiro atoms. The van der Waals surface area contributed by atoms with Crippen molar-refractivity contribution >= 4 is 45.7 Å². The van der Waals surface area contributed by atoms with E-state index in [1.807, 2.05) is 25.7 Å². The summed E-state index contributed by atoms with van der Waals surface area (Å²) in [5.41, 5.74) is 1.20. The Bertz CT molecular complexity index is 557. The normalized spacial score (nSPS) is 11.6. The highest BCUT2D eigenvalue weighted by Gasteiger charge is 2.18. The molecule has 0 aromatic heterocycles. The van der Waals surface area contributed by atoms with Crippen molar-refractivity contribution in [2.45, 2.75) is 32.9 Å². The van der Waals surface area contributed by atoms with Crippen LogP contribution in [0.15, 0.2) is 24.3 Å². The van der Waals surface area contributed by atoms with E-state index in [4.69, 9.17) is 12.2 Å². The Balaban J connectivity index is 2.66. The average molecular weight is 338 g/mol. The lowest BCUT2D eigenvalue weighted by atomic mass is 10.1. The Morgan fingerprint density at radius 2 is 1.95 bits per heavy atom. The van der Waals surface area contributed by atoms with Crippen LogP contribution in [0.1, 0.15) is 38.1 Å². The van der Waals surface area contributed by atoms with Crippen LogP contribution in [0.2, 0.25) is 0 Å². The van der Waals surface area contributed by atoms with Crippen molar-refractivity contribution < 1.29 is 9.59 Å². The van der Waals surface area contributed by atoms with Crippen LogP contribution in [0.25, 0.3) is 0 Å². The molecule has 0 heterocycles. The van der Waals surface area contributed by atoms with Crippen LogP contribution in [0.5, 0.6) is 0 Å². The third-order valence-corrected chi connectivity index (χ3v) is 4.78. The second-order valence-corrected chi connectivity index (χ2v) is 6.80. The molecular weight excluding hydrogens is 316 g/mol. The maximum Gasteiger partial charge on any atom is 0.237 e. The van der Waals surface area contributed by atoms with Crippen molar-refractivity contribution in [2.24, 2.45) is 0 Å². The first-order chi connectivity index (χ1) is 10.4. The van der Waals surface area contributed by atoms with Gasteiger partial charge in [0.15, 0.2) is 5.78 Å².